The van der Waals surface area contributed by atoms with E-state index in [-0.39, 0.29) is 0 Å². The first-order chi connectivity index (χ1) is 6.33. The highest BCUT2D eigenvalue weighted by Gasteiger charge is 2.05. The van der Waals surface area contributed by atoms with Crippen LogP contribution in [0.15, 0.2) is 43.0 Å². The van der Waals surface area contributed by atoms with Gasteiger partial charge in [0.15, 0.2) is 0 Å². The molecule has 2 heteroatoms. The Morgan fingerprint density at radius 3 is 2.69 bits per heavy atom. The maximum Gasteiger partial charge on any atom is 0.224 e. The first kappa shape index (κ1) is 7.80. The van der Waals surface area contributed by atoms with Gasteiger partial charge >= 0.3 is 0 Å². The lowest BCUT2D eigenvalue weighted by Crippen LogP contribution is -2.30. The standard InChI is InChI=1S/C11H9NO/c1-2-10-8-7-9-5-3-4-6-11(9)12(10)13/h2-8H,1H2. The summed E-state index contributed by atoms with van der Waals surface area (Å²) in [6.45, 7) is 3.58. The third-order valence-electron chi connectivity index (χ3n) is 2.03. The van der Waals surface area contributed by atoms with E-state index in [1.807, 2.05) is 24.3 Å². The Hall–Kier alpha value is -1.83. The lowest BCUT2D eigenvalue weighted by atomic mass is 10.2. The summed E-state index contributed by atoms with van der Waals surface area (Å²) < 4.78 is 0.891. The smallest absolute Gasteiger partial charge is 0.224 e. The second kappa shape index (κ2) is 2.90. The van der Waals surface area contributed by atoms with Crippen LogP contribution in [-0.2, 0) is 0 Å². The second-order valence-corrected chi connectivity index (χ2v) is 2.82. The van der Waals surface area contributed by atoms with E-state index in [1.165, 1.54) is 0 Å². The molecule has 1 aromatic heterocycles. The number of hydrogen-bond donors (Lipinski definition) is 0. The van der Waals surface area contributed by atoms with E-state index in [4.69, 9.17) is 0 Å². The van der Waals surface area contributed by atoms with Crippen molar-refractivity contribution in [2.75, 3.05) is 0 Å². The molecule has 0 saturated carbocycles. The van der Waals surface area contributed by atoms with Crippen molar-refractivity contribution in [2.45, 2.75) is 0 Å². The lowest BCUT2D eigenvalue weighted by molar-refractivity contribution is -0.579. The number of benzene rings is 1. The van der Waals surface area contributed by atoms with Gasteiger partial charge in [0.05, 0.1) is 0 Å². The number of para-hydroxylation sites is 1. The zero-order chi connectivity index (χ0) is 9.26. The van der Waals surface area contributed by atoms with Crippen molar-refractivity contribution < 1.29 is 4.73 Å². The van der Waals surface area contributed by atoms with E-state index >= 15 is 0 Å². The van der Waals surface area contributed by atoms with E-state index in [0.717, 1.165) is 10.1 Å². The van der Waals surface area contributed by atoms with Crippen molar-refractivity contribution in [3.8, 4) is 0 Å². The number of aromatic nitrogens is 1. The van der Waals surface area contributed by atoms with Gasteiger partial charge in [-0.1, -0.05) is 18.7 Å². The third-order valence-corrected chi connectivity index (χ3v) is 2.03. The average Bonchev–Trinajstić information content (AvgIpc) is 2.19. The highest BCUT2D eigenvalue weighted by molar-refractivity contribution is 5.76. The van der Waals surface area contributed by atoms with E-state index in [0.29, 0.717) is 11.2 Å². The molecule has 0 saturated heterocycles. The van der Waals surface area contributed by atoms with Gasteiger partial charge in [-0.3, -0.25) is 0 Å². The van der Waals surface area contributed by atoms with Crippen LogP contribution in [0.25, 0.3) is 17.0 Å². The van der Waals surface area contributed by atoms with Crippen LogP contribution in [0.5, 0.6) is 0 Å². The monoisotopic (exact) mass is 171 g/mol. The van der Waals surface area contributed by atoms with Crippen molar-refractivity contribution in [2.24, 2.45) is 0 Å². The second-order valence-electron chi connectivity index (χ2n) is 2.82. The van der Waals surface area contributed by atoms with Crippen molar-refractivity contribution in [3.63, 3.8) is 0 Å². The van der Waals surface area contributed by atoms with Gasteiger partial charge in [-0.15, -0.1) is 0 Å². The number of nitrogens with zero attached hydrogens (tertiary/aromatic N) is 1. The summed E-state index contributed by atoms with van der Waals surface area (Å²) in [6, 6.07) is 11.2. The third kappa shape index (κ3) is 1.16. The molecule has 64 valence electrons. The highest BCUT2D eigenvalue weighted by atomic mass is 16.5. The molecule has 0 atom stereocenters. The van der Waals surface area contributed by atoms with Gasteiger partial charge in [-0.25, -0.2) is 0 Å². The number of fused-ring (bicyclic) bond motifs is 1. The SMILES string of the molecule is C=Cc1ccc2ccccc2[n+]1[O-]. The lowest BCUT2D eigenvalue weighted by Gasteiger charge is -2.03. The predicted octanol–water partition coefficient (Wildman–Crippen LogP) is 2.12. The van der Waals surface area contributed by atoms with E-state index in [1.54, 1.807) is 18.2 Å². The first-order valence-electron chi connectivity index (χ1n) is 4.06. The molecule has 0 amide bonds. The molecular weight excluding hydrogens is 162 g/mol. The summed E-state index contributed by atoms with van der Waals surface area (Å²) in [6.07, 6.45) is 1.56. The Morgan fingerprint density at radius 1 is 1.15 bits per heavy atom. The van der Waals surface area contributed by atoms with Crippen molar-refractivity contribution >= 4 is 17.0 Å². The minimum Gasteiger partial charge on any atom is -0.618 e. The Balaban J connectivity index is 2.86. The summed E-state index contributed by atoms with van der Waals surface area (Å²) in [5.74, 6) is 0. The predicted molar refractivity (Wildman–Crippen MR) is 53.0 cm³/mol. The minimum absolute atomic E-state index is 0.582. The van der Waals surface area contributed by atoms with Gasteiger partial charge in [0, 0.05) is 23.6 Å². The molecule has 1 aromatic carbocycles. The largest absolute Gasteiger partial charge is 0.618 e. The molecule has 0 spiro atoms. The van der Waals surface area contributed by atoms with Crippen molar-refractivity contribution in [3.05, 3.63) is 53.9 Å². The number of hydrogen-bond acceptors (Lipinski definition) is 1. The van der Waals surface area contributed by atoms with E-state index in [2.05, 4.69) is 6.58 Å². The fourth-order valence-electron chi connectivity index (χ4n) is 1.35. The minimum atomic E-state index is 0.582. The summed E-state index contributed by atoms with van der Waals surface area (Å²) in [5.41, 5.74) is 1.26. The van der Waals surface area contributed by atoms with Crippen LogP contribution in [-0.4, -0.2) is 0 Å². The summed E-state index contributed by atoms with van der Waals surface area (Å²) in [4.78, 5) is 0. The van der Waals surface area contributed by atoms with Crippen LogP contribution in [0, 0.1) is 5.21 Å². The van der Waals surface area contributed by atoms with Crippen LogP contribution < -0.4 is 4.73 Å². The number of rotatable bonds is 1. The van der Waals surface area contributed by atoms with Gasteiger partial charge in [-0.05, 0) is 12.1 Å². The van der Waals surface area contributed by atoms with Gasteiger partial charge in [0.1, 0.15) is 0 Å². The van der Waals surface area contributed by atoms with Crippen molar-refractivity contribution in [1.82, 2.24) is 0 Å². The Morgan fingerprint density at radius 2 is 1.92 bits per heavy atom. The molecular formula is C11H9NO. The molecule has 2 nitrogen and oxygen atoms in total. The quantitative estimate of drug-likeness (QED) is 0.477. The van der Waals surface area contributed by atoms with Crippen molar-refractivity contribution in [1.29, 1.82) is 0 Å². The molecule has 0 radical (unpaired) electrons. The van der Waals surface area contributed by atoms with E-state index in [9.17, 15) is 5.21 Å². The molecule has 13 heavy (non-hydrogen) atoms. The van der Waals surface area contributed by atoms with Crippen LogP contribution in [0.3, 0.4) is 0 Å². The molecule has 0 aliphatic rings. The molecule has 0 aliphatic carbocycles. The first-order valence-corrected chi connectivity index (χ1v) is 4.06. The van der Waals surface area contributed by atoms with Crippen LogP contribution in [0.2, 0.25) is 0 Å². The molecule has 0 N–H and O–H groups in total. The molecule has 0 bridgehead atoms. The van der Waals surface area contributed by atoms with Gasteiger partial charge in [0.25, 0.3) is 0 Å². The molecule has 1 heterocycles. The van der Waals surface area contributed by atoms with Gasteiger partial charge in [0.2, 0.25) is 11.2 Å². The van der Waals surface area contributed by atoms with Crippen LogP contribution in [0.1, 0.15) is 5.69 Å². The molecule has 0 unspecified atom stereocenters. The van der Waals surface area contributed by atoms with Gasteiger partial charge < -0.3 is 5.21 Å². The van der Waals surface area contributed by atoms with Gasteiger partial charge in [-0.2, -0.15) is 4.73 Å². The Kier molecular flexibility index (Phi) is 1.74. The molecule has 0 aliphatic heterocycles. The molecule has 2 aromatic rings. The van der Waals surface area contributed by atoms with E-state index < -0.39 is 0 Å². The molecule has 0 fully saturated rings. The van der Waals surface area contributed by atoms with Crippen LogP contribution in [0.4, 0.5) is 0 Å². The highest BCUT2D eigenvalue weighted by Crippen LogP contribution is 2.10. The zero-order valence-corrected chi connectivity index (χ0v) is 7.10. The normalized spacial score (nSPS) is 10.2. The fourth-order valence-corrected chi connectivity index (χ4v) is 1.35. The fraction of sp³-hybridized carbons (Fsp3) is 0. The number of pyridine rings is 1. The molecule has 2 rings (SSSR count). The summed E-state index contributed by atoms with van der Waals surface area (Å²) >= 11 is 0. The topological polar surface area (TPSA) is 26.9 Å². The maximum absolute atomic E-state index is 11.6. The Labute approximate surface area is 76.3 Å². The summed E-state index contributed by atoms with van der Waals surface area (Å²) in [7, 11) is 0. The maximum atomic E-state index is 11.6. The zero-order valence-electron chi connectivity index (χ0n) is 7.10. The van der Waals surface area contributed by atoms with Crippen LogP contribution >= 0.6 is 0 Å². The Bertz CT molecular complexity index is 463. The summed E-state index contributed by atoms with van der Waals surface area (Å²) in [5, 5.41) is 12.6. The average molecular weight is 171 g/mol.